The lowest BCUT2D eigenvalue weighted by molar-refractivity contribution is 0.888. The molecular formula is C8H10. The second kappa shape index (κ2) is 1.07. The van der Waals surface area contributed by atoms with Gasteiger partial charge < -0.3 is 0 Å². The van der Waals surface area contributed by atoms with E-state index in [1.165, 1.54) is 12.0 Å². The van der Waals surface area contributed by atoms with Crippen molar-refractivity contribution in [2.45, 2.75) is 20.3 Å². The Hall–Kier alpha value is -0.520. The molecule has 0 heterocycles. The highest BCUT2D eigenvalue weighted by Gasteiger charge is 2.31. The average Bonchev–Trinajstić information content (AvgIpc) is 2.35. The maximum Gasteiger partial charge on any atom is -0.00365 e. The van der Waals surface area contributed by atoms with Crippen LogP contribution in [-0.4, -0.2) is 0 Å². The standard InChI is InChI=1S/C8H10/c1-5-3-6(2)8-4-7(5)8/h3,5H,4H2,1-2H3. The van der Waals surface area contributed by atoms with Crippen LogP contribution < -0.4 is 0 Å². The van der Waals surface area contributed by atoms with Gasteiger partial charge in [0.15, 0.2) is 0 Å². The molecule has 0 nitrogen and oxygen atoms in total. The maximum absolute atomic E-state index is 2.36. The summed E-state index contributed by atoms with van der Waals surface area (Å²) in [4.78, 5) is 0. The summed E-state index contributed by atoms with van der Waals surface area (Å²) in [5.74, 6) is 0.782. The first-order valence-electron chi connectivity index (χ1n) is 3.20. The average molecular weight is 106 g/mol. The molecule has 1 atom stereocenters. The van der Waals surface area contributed by atoms with Gasteiger partial charge in [0.2, 0.25) is 0 Å². The van der Waals surface area contributed by atoms with E-state index < -0.39 is 0 Å². The van der Waals surface area contributed by atoms with E-state index in [0.29, 0.717) is 0 Å². The third-order valence-corrected chi connectivity index (χ3v) is 2.16. The highest BCUT2D eigenvalue weighted by molar-refractivity contribution is 5.56. The monoisotopic (exact) mass is 106 g/mol. The van der Waals surface area contributed by atoms with E-state index in [0.717, 1.165) is 5.92 Å². The first kappa shape index (κ1) is 4.37. The van der Waals surface area contributed by atoms with Gasteiger partial charge in [0.05, 0.1) is 0 Å². The Morgan fingerprint density at radius 3 is 2.50 bits per heavy atom. The molecule has 0 aromatic rings. The fourth-order valence-corrected chi connectivity index (χ4v) is 1.55. The number of allylic oxidation sites excluding steroid dienone is 4. The Morgan fingerprint density at radius 2 is 2.38 bits per heavy atom. The minimum absolute atomic E-state index is 0.782. The predicted molar refractivity (Wildman–Crippen MR) is 34.6 cm³/mol. The van der Waals surface area contributed by atoms with Gasteiger partial charge in [-0.2, -0.15) is 0 Å². The zero-order valence-electron chi connectivity index (χ0n) is 5.36. The minimum atomic E-state index is 0.782. The highest BCUT2D eigenvalue weighted by atomic mass is 14.4. The molecule has 0 amide bonds. The summed E-state index contributed by atoms with van der Waals surface area (Å²) in [7, 11) is 0. The summed E-state index contributed by atoms with van der Waals surface area (Å²) in [6, 6.07) is 0. The van der Waals surface area contributed by atoms with Crippen LogP contribution in [0.3, 0.4) is 0 Å². The van der Waals surface area contributed by atoms with Crippen LogP contribution in [0.25, 0.3) is 0 Å². The van der Waals surface area contributed by atoms with Crippen molar-refractivity contribution in [3.05, 3.63) is 22.8 Å². The van der Waals surface area contributed by atoms with Gasteiger partial charge in [-0.05, 0) is 24.8 Å². The topological polar surface area (TPSA) is 0 Å². The van der Waals surface area contributed by atoms with Crippen molar-refractivity contribution < 1.29 is 0 Å². The second-order valence-corrected chi connectivity index (χ2v) is 2.82. The van der Waals surface area contributed by atoms with E-state index in [-0.39, 0.29) is 0 Å². The van der Waals surface area contributed by atoms with Crippen LogP contribution >= 0.6 is 0 Å². The van der Waals surface area contributed by atoms with Crippen molar-refractivity contribution in [2.75, 3.05) is 0 Å². The Kier molecular flexibility index (Phi) is 0.585. The molecule has 0 aromatic carbocycles. The van der Waals surface area contributed by atoms with Gasteiger partial charge in [0.1, 0.15) is 0 Å². The SMILES string of the molecule is CC1=CC(C)C2=C1C2. The van der Waals surface area contributed by atoms with Gasteiger partial charge in [0.25, 0.3) is 0 Å². The molecule has 0 N–H and O–H groups in total. The summed E-state index contributed by atoms with van der Waals surface area (Å²) >= 11 is 0. The molecule has 8 heavy (non-hydrogen) atoms. The molecular weight excluding hydrogens is 96.1 g/mol. The summed E-state index contributed by atoms with van der Waals surface area (Å²) < 4.78 is 0. The summed E-state index contributed by atoms with van der Waals surface area (Å²) in [6.45, 7) is 4.49. The molecule has 0 saturated carbocycles. The summed E-state index contributed by atoms with van der Waals surface area (Å²) in [5.41, 5.74) is 4.88. The second-order valence-electron chi connectivity index (χ2n) is 2.82. The van der Waals surface area contributed by atoms with Crippen LogP contribution in [0, 0.1) is 5.92 Å². The van der Waals surface area contributed by atoms with Crippen molar-refractivity contribution in [1.29, 1.82) is 0 Å². The van der Waals surface area contributed by atoms with Gasteiger partial charge in [-0.15, -0.1) is 0 Å². The summed E-state index contributed by atoms with van der Waals surface area (Å²) in [6.07, 6.45) is 3.68. The molecule has 2 rings (SSSR count). The zero-order valence-corrected chi connectivity index (χ0v) is 5.36. The Bertz CT molecular complexity index is 194. The molecule has 0 aliphatic heterocycles. The molecule has 0 spiro atoms. The molecule has 0 bridgehead atoms. The van der Waals surface area contributed by atoms with Crippen molar-refractivity contribution in [3.8, 4) is 0 Å². The zero-order chi connectivity index (χ0) is 5.72. The van der Waals surface area contributed by atoms with Crippen LogP contribution in [0.4, 0.5) is 0 Å². The lowest BCUT2D eigenvalue weighted by atomic mass is 10.1. The van der Waals surface area contributed by atoms with E-state index >= 15 is 0 Å². The van der Waals surface area contributed by atoms with E-state index in [1.54, 1.807) is 11.1 Å². The molecule has 1 unspecified atom stereocenters. The van der Waals surface area contributed by atoms with Crippen molar-refractivity contribution in [3.63, 3.8) is 0 Å². The number of hydrogen-bond acceptors (Lipinski definition) is 0. The highest BCUT2D eigenvalue weighted by Crippen LogP contribution is 2.47. The molecule has 2 aliphatic carbocycles. The number of hydrogen-bond donors (Lipinski definition) is 0. The van der Waals surface area contributed by atoms with Crippen LogP contribution in [0.2, 0.25) is 0 Å². The normalized spacial score (nSPS) is 32.8. The lowest BCUT2D eigenvalue weighted by Crippen LogP contribution is -1.83. The van der Waals surface area contributed by atoms with Gasteiger partial charge >= 0.3 is 0 Å². The maximum atomic E-state index is 2.36. The van der Waals surface area contributed by atoms with Crippen LogP contribution in [0.1, 0.15) is 20.3 Å². The first-order chi connectivity index (χ1) is 3.79. The van der Waals surface area contributed by atoms with Crippen molar-refractivity contribution in [1.82, 2.24) is 0 Å². The first-order valence-corrected chi connectivity index (χ1v) is 3.20. The van der Waals surface area contributed by atoms with E-state index in [9.17, 15) is 0 Å². The fraction of sp³-hybridized carbons (Fsp3) is 0.500. The largest absolute Gasteiger partial charge is 0.0744 e. The van der Waals surface area contributed by atoms with Crippen molar-refractivity contribution >= 4 is 0 Å². The van der Waals surface area contributed by atoms with Gasteiger partial charge in [-0.3, -0.25) is 0 Å². The summed E-state index contributed by atoms with van der Waals surface area (Å²) in [5, 5.41) is 0. The smallest absolute Gasteiger partial charge is 0.00365 e. The molecule has 0 aromatic heterocycles. The van der Waals surface area contributed by atoms with E-state index in [4.69, 9.17) is 0 Å². The molecule has 0 saturated heterocycles. The van der Waals surface area contributed by atoms with E-state index in [1.807, 2.05) is 0 Å². The molecule has 0 radical (unpaired) electrons. The van der Waals surface area contributed by atoms with Gasteiger partial charge in [-0.25, -0.2) is 0 Å². The third kappa shape index (κ3) is 0.360. The lowest BCUT2D eigenvalue weighted by Gasteiger charge is -1.96. The van der Waals surface area contributed by atoms with Gasteiger partial charge in [0, 0.05) is 0 Å². The quantitative estimate of drug-likeness (QED) is 0.444. The predicted octanol–water partition coefficient (Wildman–Crippen LogP) is 2.28. The van der Waals surface area contributed by atoms with E-state index in [2.05, 4.69) is 19.9 Å². The Labute approximate surface area is 49.9 Å². The van der Waals surface area contributed by atoms with Gasteiger partial charge in [-0.1, -0.05) is 24.1 Å². The van der Waals surface area contributed by atoms with Crippen LogP contribution in [0.5, 0.6) is 0 Å². The Balaban J connectivity index is 2.40. The fourth-order valence-electron chi connectivity index (χ4n) is 1.55. The molecule has 0 heteroatoms. The third-order valence-electron chi connectivity index (χ3n) is 2.16. The molecule has 2 aliphatic rings. The minimum Gasteiger partial charge on any atom is -0.0744 e. The van der Waals surface area contributed by atoms with Crippen LogP contribution in [0.15, 0.2) is 22.8 Å². The Morgan fingerprint density at radius 1 is 1.62 bits per heavy atom. The number of rotatable bonds is 0. The van der Waals surface area contributed by atoms with Crippen LogP contribution in [-0.2, 0) is 0 Å². The molecule has 0 fully saturated rings. The molecule has 42 valence electrons. The van der Waals surface area contributed by atoms with Crippen molar-refractivity contribution in [2.24, 2.45) is 5.92 Å².